The summed E-state index contributed by atoms with van der Waals surface area (Å²) < 4.78 is 0. The Balaban J connectivity index is 2.43. The highest BCUT2D eigenvalue weighted by molar-refractivity contribution is 7.99. The molecule has 98 valence electrons. The van der Waals surface area contributed by atoms with Gasteiger partial charge < -0.3 is 10.0 Å². The average Bonchev–Trinajstić information content (AvgIpc) is 2.35. The van der Waals surface area contributed by atoms with Crippen molar-refractivity contribution in [2.45, 2.75) is 17.9 Å². The first-order valence-corrected chi connectivity index (χ1v) is 6.68. The van der Waals surface area contributed by atoms with Gasteiger partial charge in [-0.05, 0) is 12.5 Å². The predicted molar refractivity (Wildman–Crippen MR) is 72.5 cm³/mol. The standard InChI is InChI=1S/C13H17NO3S/c1-10(13(17)14(2)8-12(15)16)18-9-11-6-4-3-5-7-11/h3-7,10H,8-9H2,1-2H3,(H,15,16). The molecule has 18 heavy (non-hydrogen) atoms. The fourth-order valence-electron chi connectivity index (χ4n) is 1.46. The number of carboxylic acid groups (broad SMARTS) is 1. The fraction of sp³-hybridized carbons (Fsp3) is 0.385. The number of carboxylic acids is 1. The molecule has 5 heteroatoms. The van der Waals surface area contributed by atoms with Crippen LogP contribution in [0.15, 0.2) is 30.3 Å². The predicted octanol–water partition coefficient (Wildman–Crippen LogP) is 1.85. The van der Waals surface area contributed by atoms with E-state index in [-0.39, 0.29) is 17.7 Å². The molecule has 0 bridgehead atoms. The molecule has 1 unspecified atom stereocenters. The highest BCUT2D eigenvalue weighted by atomic mass is 32.2. The zero-order valence-electron chi connectivity index (χ0n) is 10.5. The number of carbonyl (C=O) groups is 2. The average molecular weight is 267 g/mol. The first-order valence-electron chi connectivity index (χ1n) is 5.63. The van der Waals surface area contributed by atoms with E-state index in [9.17, 15) is 9.59 Å². The molecule has 1 atom stereocenters. The van der Waals surface area contributed by atoms with Crippen LogP contribution in [0.5, 0.6) is 0 Å². The van der Waals surface area contributed by atoms with Crippen molar-refractivity contribution in [2.75, 3.05) is 13.6 Å². The largest absolute Gasteiger partial charge is 0.480 e. The second-order valence-corrected chi connectivity index (χ2v) is 5.36. The van der Waals surface area contributed by atoms with E-state index < -0.39 is 5.97 Å². The summed E-state index contributed by atoms with van der Waals surface area (Å²) in [6.07, 6.45) is 0. The third-order valence-corrected chi connectivity index (χ3v) is 3.64. The van der Waals surface area contributed by atoms with E-state index in [4.69, 9.17) is 5.11 Å². The lowest BCUT2D eigenvalue weighted by atomic mass is 10.2. The first kappa shape index (κ1) is 14.6. The van der Waals surface area contributed by atoms with Gasteiger partial charge in [-0.3, -0.25) is 9.59 Å². The summed E-state index contributed by atoms with van der Waals surface area (Å²) >= 11 is 1.51. The van der Waals surface area contributed by atoms with E-state index in [1.807, 2.05) is 30.3 Å². The second kappa shape index (κ2) is 7.06. The maximum Gasteiger partial charge on any atom is 0.323 e. The summed E-state index contributed by atoms with van der Waals surface area (Å²) in [5.41, 5.74) is 1.16. The molecule has 0 aromatic heterocycles. The van der Waals surface area contributed by atoms with Crippen LogP contribution in [0.1, 0.15) is 12.5 Å². The molecule has 1 N–H and O–H groups in total. The Morgan fingerprint density at radius 1 is 1.33 bits per heavy atom. The Hall–Kier alpha value is -1.49. The molecule has 0 aliphatic carbocycles. The van der Waals surface area contributed by atoms with Crippen molar-refractivity contribution < 1.29 is 14.7 Å². The van der Waals surface area contributed by atoms with Crippen molar-refractivity contribution in [1.82, 2.24) is 4.90 Å². The summed E-state index contributed by atoms with van der Waals surface area (Å²) in [5.74, 6) is -0.404. The second-order valence-electron chi connectivity index (χ2n) is 4.03. The van der Waals surface area contributed by atoms with Crippen molar-refractivity contribution in [1.29, 1.82) is 0 Å². The number of amides is 1. The Morgan fingerprint density at radius 3 is 2.50 bits per heavy atom. The molecule has 0 aliphatic rings. The van der Waals surface area contributed by atoms with E-state index >= 15 is 0 Å². The number of nitrogens with zero attached hydrogens (tertiary/aromatic N) is 1. The number of aliphatic carboxylic acids is 1. The van der Waals surface area contributed by atoms with Gasteiger partial charge in [-0.1, -0.05) is 30.3 Å². The molecule has 1 rings (SSSR count). The monoisotopic (exact) mass is 267 g/mol. The lowest BCUT2D eigenvalue weighted by Gasteiger charge is -2.19. The van der Waals surface area contributed by atoms with Crippen LogP contribution in [0.2, 0.25) is 0 Å². The minimum Gasteiger partial charge on any atom is -0.480 e. The van der Waals surface area contributed by atoms with Gasteiger partial charge in [0.05, 0.1) is 5.25 Å². The SMILES string of the molecule is CC(SCc1ccccc1)C(=O)N(C)CC(=O)O. The van der Waals surface area contributed by atoms with Crippen LogP contribution in [0, 0.1) is 0 Å². The Bertz CT molecular complexity index is 408. The molecule has 0 saturated heterocycles. The number of carbonyl (C=O) groups excluding carboxylic acids is 1. The molecule has 0 fully saturated rings. The lowest BCUT2D eigenvalue weighted by Crippen LogP contribution is -2.36. The molecule has 0 spiro atoms. The zero-order valence-corrected chi connectivity index (χ0v) is 11.3. The van der Waals surface area contributed by atoms with Gasteiger partial charge in [0.25, 0.3) is 0 Å². The van der Waals surface area contributed by atoms with Crippen LogP contribution in [0.25, 0.3) is 0 Å². The smallest absolute Gasteiger partial charge is 0.323 e. The summed E-state index contributed by atoms with van der Waals surface area (Å²) in [7, 11) is 1.51. The molecule has 1 aromatic rings. The van der Waals surface area contributed by atoms with Crippen LogP contribution >= 0.6 is 11.8 Å². The van der Waals surface area contributed by atoms with Crippen molar-refractivity contribution >= 4 is 23.6 Å². The number of hydrogen-bond acceptors (Lipinski definition) is 3. The van der Waals surface area contributed by atoms with E-state index in [0.29, 0.717) is 0 Å². The molecule has 0 heterocycles. The third kappa shape index (κ3) is 4.79. The van der Waals surface area contributed by atoms with Crippen LogP contribution in [0.3, 0.4) is 0 Å². The van der Waals surface area contributed by atoms with E-state index in [1.165, 1.54) is 23.7 Å². The van der Waals surface area contributed by atoms with E-state index in [1.54, 1.807) is 6.92 Å². The fourth-order valence-corrected chi connectivity index (χ4v) is 2.42. The number of rotatable bonds is 6. The molecular weight excluding hydrogens is 250 g/mol. The van der Waals surface area contributed by atoms with Gasteiger partial charge in [-0.2, -0.15) is 0 Å². The Labute approximate surface area is 111 Å². The van der Waals surface area contributed by atoms with Gasteiger partial charge in [0.2, 0.25) is 5.91 Å². The number of benzene rings is 1. The summed E-state index contributed by atoms with van der Waals surface area (Å²) in [5, 5.41) is 8.38. The van der Waals surface area contributed by atoms with Gasteiger partial charge in [-0.25, -0.2) is 0 Å². The van der Waals surface area contributed by atoms with Crippen LogP contribution < -0.4 is 0 Å². The summed E-state index contributed by atoms with van der Waals surface area (Å²) in [4.78, 5) is 23.6. The van der Waals surface area contributed by atoms with Crippen molar-refractivity contribution in [3.05, 3.63) is 35.9 Å². The normalized spacial score (nSPS) is 11.9. The molecular formula is C13H17NO3S. The van der Waals surface area contributed by atoms with Gasteiger partial charge >= 0.3 is 5.97 Å². The molecule has 0 saturated carbocycles. The van der Waals surface area contributed by atoms with Crippen molar-refractivity contribution in [3.8, 4) is 0 Å². The van der Waals surface area contributed by atoms with Gasteiger partial charge in [-0.15, -0.1) is 11.8 Å². The van der Waals surface area contributed by atoms with E-state index in [2.05, 4.69) is 0 Å². The van der Waals surface area contributed by atoms with Gasteiger partial charge in [0.15, 0.2) is 0 Å². The topological polar surface area (TPSA) is 57.6 Å². The van der Waals surface area contributed by atoms with Crippen molar-refractivity contribution in [3.63, 3.8) is 0 Å². The third-order valence-electron chi connectivity index (χ3n) is 2.44. The summed E-state index contributed by atoms with van der Waals surface area (Å²) in [6, 6.07) is 9.87. The molecule has 0 radical (unpaired) electrons. The maximum absolute atomic E-state index is 11.8. The highest BCUT2D eigenvalue weighted by Crippen LogP contribution is 2.18. The maximum atomic E-state index is 11.8. The molecule has 4 nitrogen and oxygen atoms in total. The molecule has 0 aliphatic heterocycles. The summed E-state index contributed by atoms with van der Waals surface area (Å²) in [6.45, 7) is 1.55. The highest BCUT2D eigenvalue weighted by Gasteiger charge is 2.19. The number of likely N-dealkylation sites (N-methyl/N-ethyl adjacent to an activating group) is 1. The van der Waals surface area contributed by atoms with Crippen LogP contribution in [-0.4, -0.2) is 40.7 Å². The minimum atomic E-state index is -0.994. The Morgan fingerprint density at radius 2 is 1.94 bits per heavy atom. The van der Waals surface area contributed by atoms with E-state index in [0.717, 1.165) is 11.3 Å². The van der Waals surface area contributed by atoms with Gasteiger partial charge in [0, 0.05) is 12.8 Å². The lowest BCUT2D eigenvalue weighted by molar-refractivity contribution is -0.143. The van der Waals surface area contributed by atoms with Crippen LogP contribution in [-0.2, 0) is 15.3 Å². The number of hydrogen-bond donors (Lipinski definition) is 1. The zero-order chi connectivity index (χ0) is 13.5. The minimum absolute atomic E-state index is 0.154. The molecule has 1 aromatic carbocycles. The quantitative estimate of drug-likeness (QED) is 0.854. The Kier molecular flexibility index (Phi) is 5.71. The van der Waals surface area contributed by atoms with Crippen molar-refractivity contribution in [2.24, 2.45) is 0 Å². The molecule has 1 amide bonds. The van der Waals surface area contributed by atoms with Crippen LogP contribution in [0.4, 0.5) is 0 Å². The first-order chi connectivity index (χ1) is 8.50. The van der Waals surface area contributed by atoms with Gasteiger partial charge in [0.1, 0.15) is 6.54 Å². The number of thioether (sulfide) groups is 1.